The predicted molar refractivity (Wildman–Crippen MR) is 80.0 cm³/mol. The number of ether oxygens (including phenoxy) is 1. The van der Waals surface area contributed by atoms with E-state index < -0.39 is 0 Å². The molecule has 0 saturated carbocycles. The molecule has 0 fully saturated rings. The Bertz CT molecular complexity index is 618. The maximum Gasteiger partial charge on any atom is 0.333 e. The van der Waals surface area contributed by atoms with Crippen LogP contribution in [-0.4, -0.2) is 13.1 Å². The summed E-state index contributed by atoms with van der Waals surface area (Å²) in [7, 11) is 1.38. The Morgan fingerprint density at radius 1 is 1.10 bits per heavy atom. The summed E-state index contributed by atoms with van der Waals surface area (Å²) < 4.78 is 4.85. The molecule has 2 aromatic carbocycles. The fourth-order valence-electron chi connectivity index (χ4n) is 1.96. The van der Waals surface area contributed by atoms with Gasteiger partial charge in [-0.3, -0.25) is 0 Å². The molecular formula is C18H16CoO2-. The molecule has 2 aromatic rings. The summed E-state index contributed by atoms with van der Waals surface area (Å²) in [5.74, 6) is -0.336. The van der Waals surface area contributed by atoms with Crippen LogP contribution in [-0.2, 0) is 32.7 Å². The standard InChI is InChI=1S/C18H16O2.Co/c1-14-8-6-7-11-16(14)13-17(18(19)20-2)12-15-9-4-3-5-10-15;/h1,3-11,13H,12H2,2H3;/q-1;/b17-13+;. The van der Waals surface area contributed by atoms with Crippen molar-refractivity contribution in [3.8, 4) is 0 Å². The maximum absolute atomic E-state index is 11.9. The van der Waals surface area contributed by atoms with Gasteiger partial charge in [-0.15, -0.1) is 17.7 Å². The van der Waals surface area contributed by atoms with E-state index in [0.29, 0.717) is 17.6 Å². The third-order valence-electron chi connectivity index (χ3n) is 3.01. The Morgan fingerprint density at radius 2 is 1.71 bits per heavy atom. The molecule has 2 radical (unpaired) electrons. The Balaban J connectivity index is 0.00000220. The van der Waals surface area contributed by atoms with Crippen LogP contribution < -0.4 is 0 Å². The molecule has 0 amide bonds. The van der Waals surface area contributed by atoms with E-state index in [1.807, 2.05) is 54.6 Å². The summed E-state index contributed by atoms with van der Waals surface area (Å²) >= 11 is 0. The second-order valence-corrected chi connectivity index (χ2v) is 4.45. The van der Waals surface area contributed by atoms with E-state index in [1.54, 1.807) is 6.08 Å². The second kappa shape index (κ2) is 8.34. The Hall–Kier alpha value is -1.97. The average molecular weight is 323 g/mol. The number of esters is 1. The zero-order chi connectivity index (χ0) is 14.4. The maximum atomic E-state index is 11.9. The van der Waals surface area contributed by atoms with Crippen molar-refractivity contribution in [1.29, 1.82) is 0 Å². The van der Waals surface area contributed by atoms with Crippen molar-refractivity contribution >= 4 is 12.0 Å². The molecule has 2 nitrogen and oxygen atoms in total. The molecule has 0 spiro atoms. The van der Waals surface area contributed by atoms with Gasteiger partial charge < -0.3 is 4.74 Å². The van der Waals surface area contributed by atoms with Gasteiger partial charge in [0.15, 0.2) is 0 Å². The van der Waals surface area contributed by atoms with Crippen molar-refractivity contribution in [2.24, 2.45) is 0 Å². The molecule has 0 atom stereocenters. The minimum atomic E-state index is -0.336. The van der Waals surface area contributed by atoms with Gasteiger partial charge in [0.2, 0.25) is 0 Å². The van der Waals surface area contributed by atoms with Gasteiger partial charge in [-0.1, -0.05) is 42.5 Å². The monoisotopic (exact) mass is 323 g/mol. The molecular weight excluding hydrogens is 307 g/mol. The Labute approximate surface area is 136 Å². The first kappa shape index (κ1) is 17.1. The Morgan fingerprint density at radius 3 is 2.33 bits per heavy atom. The average Bonchev–Trinajstić information content (AvgIpc) is 2.49. The number of methoxy groups -OCH3 is 1. The van der Waals surface area contributed by atoms with Gasteiger partial charge in [0.25, 0.3) is 0 Å². The van der Waals surface area contributed by atoms with Crippen molar-refractivity contribution < 1.29 is 26.3 Å². The quantitative estimate of drug-likeness (QED) is 0.489. The van der Waals surface area contributed by atoms with Crippen molar-refractivity contribution in [2.75, 3.05) is 7.11 Å². The fraction of sp³-hybridized carbons (Fsp3) is 0.111. The van der Waals surface area contributed by atoms with Crippen LogP contribution in [0.4, 0.5) is 0 Å². The van der Waals surface area contributed by atoms with Gasteiger partial charge in [0.05, 0.1) is 7.11 Å². The molecule has 0 aromatic heterocycles. The van der Waals surface area contributed by atoms with Crippen molar-refractivity contribution in [1.82, 2.24) is 0 Å². The summed E-state index contributed by atoms with van der Waals surface area (Å²) in [5.41, 5.74) is 3.10. The van der Waals surface area contributed by atoms with Crippen LogP contribution in [0.3, 0.4) is 0 Å². The van der Waals surface area contributed by atoms with E-state index in [9.17, 15) is 4.79 Å². The SMILES string of the molecule is [CH-]c1ccccc1/C=C(\Cc1ccccc1)C(=O)OC.[Co]. The van der Waals surface area contributed by atoms with E-state index in [4.69, 9.17) is 11.7 Å². The van der Waals surface area contributed by atoms with Crippen molar-refractivity contribution in [3.05, 3.63) is 83.8 Å². The summed E-state index contributed by atoms with van der Waals surface area (Å²) in [6.45, 7) is 5.91. The predicted octanol–water partition coefficient (Wildman–Crippen LogP) is 3.54. The molecule has 0 saturated heterocycles. The number of carbonyl (C=O) groups excluding carboxylic acids is 1. The van der Waals surface area contributed by atoms with Gasteiger partial charge in [-0.25, -0.2) is 11.7 Å². The van der Waals surface area contributed by atoms with E-state index in [0.717, 1.165) is 11.1 Å². The van der Waals surface area contributed by atoms with Gasteiger partial charge in [0, 0.05) is 28.8 Å². The molecule has 0 N–H and O–H groups in total. The van der Waals surface area contributed by atoms with Gasteiger partial charge in [-0.05, 0) is 5.56 Å². The van der Waals surface area contributed by atoms with E-state index in [2.05, 4.69) is 0 Å². The molecule has 3 heteroatoms. The Kier molecular flexibility index (Phi) is 6.79. The molecule has 0 bridgehead atoms. The molecule has 110 valence electrons. The van der Waals surface area contributed by atoms with Crippen molar-refractivity contribution in [2.45, 2.75) is 6.42 Å². The normalized spacial score (nSPS) is 10.6. The van der Waals surface area contributed by atoms with Gasteiger partial charge in [-0.2, -0.15) is 11.6 Å². The van der Waals surface area contributed by atoms with Crippen LogP contribution in [0.2, 0.25) is 0 Å². The molecule has 0 aliphatic heterocycles. The minimum Gasteiger partial charge on any atom is -0.466 e. The molecule has 0 aliphatic rings. The molecule has 0 heterocycles. The molecule has 21 heavy (non-hydrogen) atoms. The zero-order valence-electron chi connectivity index (χ0n) is 11.7. The smallest absolute Gasteiger partial charge is 0.333 e. The van der Waals surface area contributed by atoms with Crippen LogP contribution >= 0.6 is 0 Å². The molecule has 0 aliphatic carbocycles. The topological polar surface area (TPSA) is 26.3 Å². The van der Waals surface area contributed by atoms with Crippen LogP contribution in [0, 0.1) is 6.92 Å². The summed E-state index contributed by atoms with van der Waals surface area (Å²) in [6, 6.07) is 17.2. The van der Waals surface area contributed by atoms with Gasteiger partial charge in [0.1, 0.15) is 0 Å². The van der Waals surface area contributed by atoms with Crippen LogP contribution in [0.25, 0.3) is 6.08 Å². The van der Waals surface area contributed by atoms with E-state index in [1.165, 1.54) is 7.11 Å². The summed E-state index contributed by atoms with van der Waals surface area (Å²) in [5, 5.41) is 0. The first-order chi connectivity index (χ1) is 9.70. The fourth-order valence-corrected chi connectivity index (χ4v) is 1.96. The van der Waals surface area contributed by atoms with Crippen molar-refractivity contribution in [3.63, 3.8) is 0 Å². The third-order valence-corrected chi connectivity index (χ3v) is 3.01. The second-order valence-electron chi connectivity index (χ2n) is 4.45. The largest absolute Gasteiger partial charge is 0.466 e. The van der Waals surface area contributed by atoms with Crippen LogP contribution in [0.15, 0.2) is 60.2 Å². The number of hydrogen-bond donors (Lipinski definition) is 0. The van der Waals surface area contributed by atoms with Crippen LogP contribution in [0.5, 0.6) is 0 Å². The minimum absolute atomic E-state index is 0. The van der Waals surface area contributed by atoms with Gasteiger partial charge >= 0.3 is 5.97 Å². The molecule has 0 unspecified atom stereocenters. The number of carbonyl (C=O) groups is 1. The third kappa shape index (κ3) is 4.81. The number of hydrogen-bond acceptors (Lipinski definition) is 2. The number of benzene rings is 2. The summed E-state index contributed by atoms with van der Waals surface area (Å²) in [6.07, 6.45) is 2.30. The molecule has 2 rings (SSSR count). The first-order valence-electron chi connectivity index (χ1n) is 6.38. The number of rotatable bonds is 4. The van der Waals surface area contributed by atoms with E-state index in [-0.39, 0.29) is 22.7 Å². The first-order valence-corrected chi connectivity index (χ1v) is 6.38. The van der Waals surface area contributed by atoms with Crippen LogP contribution in [0.1, 0.15) is 16.7 Å². The summed E-state index contributed by atoms with van der Waals surface area (Å²) in [4.78, 5) is 11.9. The zero-order valence-corrected chi connectivity index (χ0v) is 12.7. The van der Waals surface area contributed by atoms with E-state index >= 15 is 0 Å².